The summed E-state index contributed by atoms with van der Waals surface area (Å²) in [6.07, 6.45) is 1.10. The highest BCUT2D eigenvalue weighted by molar-refractivity contribution is 14.1. The highest BCUT2D eigenvalue weighted by atomic mass is 127. The molecule has 146 valence electrons. The average molecular weight is 484 g/mol. The monoisotopic (exact) mass is 484 g/mol. The van der Waals surface area contributed by atoms with E-state index in [1.54, 1.807) is 20.8 Å². The third kappa shape index (κ3) is 6.34. The lowest BCUT2D eigenvalue weighted by Crippen LogP contribution is -2.44. The van der Waals surface area contributed by atoms with Gasteiger partial charge in [0.15, 0.2) is 11.6 Å². The van der Waals surface area contributed by atoms with Crippen molar-refractivity contribution >= 4 is 40.3 Å². The minimum Gasteiger partial charge on any atom is -0.442 e. The lowest BCUT2D eigenvalue weighted by Gasteiger charge is -2.28. The van der Waals surface area contributed by atoms with Crippen LogP contribution >= 0.6 is 22.6 Å². The van der Waals surface area contributed by atoms with Crippen molar-refractivity contribution in [1.82, 2.24) is 10.4 Å². The van der Waals surface area contributed by atoms with Crippen LogP contribution in [-0.2, 0) is 20.7 Å². The second-order valence-electron chi connectivity index (χ2n) is 7.51. The van der Waals surface area contributed by atoms with Crippen LogP contribution in [0.15, 0.2) is 35.5 Å². The topological polar surface area (TPSA) is 75.7 Å². The van der Waals surface area contributed by atoms with Crippen molar-refractivity contribution in [1.29, 1.82) is 0 Å². The fourth-order valence-electron chi connectivity index (χ4n) is 2.78. The summed E-state index contributed by atoms with van der Waals surface area (Å²) in [7, 11) is 1.52. The third-order valence-corrected chi connectivity index (χ3v) is 4.58. The molecular formula is C20H25IN2O4. The molecule has 1 N–H and O–H groups in total. The Balaban J connectivity index is 2.20. The maximum atomic E-state index is 12.8. The number of nitrogens with one attached hydrogen (secondary N) is 1. The number of amides is 1. The van der Waals surface area contributed by atoms with Gasteiger partial charge in [0.1, 0.15) is 5.60 Å². The van der Waals surface area contributed by atoms with Crippen LogP contribution in [0.2, 0.25) is 0 Å². The predicted octanol–water partition coefficient (Wildman–Crippen LogP) is 3.78. The zero-order chi connectivity index (χ0) is 20.2. The van der Waals surface area contributed by atoms with Crippen molar-refractivity contribution in [2.24, 2.45) is 0 Å². The summed E-state index contributed by atoms with van der Waals surface area (Å²) in [6, 6.07) is 7.62. The van der Waals surface area contributed by atoms with E-state index >= 15 is 0 Å². The zero-order valence-corrected chi connectivity index (χ0v) is 18.3. The van der Waals surface area contributed by atoms with Crippen molar-refractivity contribution < 1.29 is 19.1 Å². The van der Waals surface area contributed by atoms with Gasteiger partial charge in [-0.2, -0.15) is 0 Å². The van der Waals surface area contributed by atoms with Gasteiger partial charge in [-0.3, -0.25) is 15.0 Å². The number of hydrogen-bond donors (Lipinski definition) is 1. The molecule has 1 amide bonds. The molecule has 0 spiro atoms. The molecule has 7 heteroatoms. The van der Waals surface area contributed by atoms with Gasteiger partial charge in [0, 0.05) is 29.2 Å². The first-order valence-corrected chi connectivity index (χ1v) is 9.92. The van der Waals surface area contributed by atoms with Gasteiger partial charge >= 0.3 is 6.09 Å². The van der Waals surface area contributed by atoms with E-state index in [4.69, 9.17) is 4.74 Å². The molecule has 0 saturated heterocycles. The summed E-state index contributed by atoms with van der Waals surface area (Å²) in [6.45, 7) is 5.33. The van der Waals surface area contributed by atoms with Crippen LogP contribution in [0.3, 0.4) is 0 Å². The van der Waals surface area contributed by atoms with E-state index in [-0.39, 0.29) is 23.6 Å². The number of rotatable bonds is 5. The summed E-state index contributed by atoms with van der Waals surface area (Å²) in [4.78, 5) is 37.4. The summed E-state index contributed by atoms with van der Waals surface area (Å²) < 4.78 is 6.34. The standard InChI is InChI=1S/C20H25IN2O4/c1-20(2,3)27-19(26)23(4)22-15-9-6-10-16(24)18(15)17(25)12-13-7-5-8-14(21)11-13/h5,7-8,11,22H,6,9-10,12H2,1-4H3. The molecule has 0 aromatic heterocycles. The lowest BCUT2D eigenvalue weighted by atomic mass is 9.90. The minimum absolute atomic E-state index is 0.152. The molecule has 0 bridgehead atoms. The van der Waals surface area contributed by atoms with E-state index in [9.17, 15) is 14.4 Å². The number of halogens is 1. The first-order valence-electron chi connectivity index (χ1n) is 8.84. The number of hydrazine groups is 1. The van der Waals surface area contributed by atoms with E-state index < -0.39 is 11.7 Å². The van der Waals surface area contributed by atoms with Crippen molar-refractivity contribution in [3.05, 3.63) is 44.7 Å². The average Bonchev–Trinajstić information content (AvgIpc) is 2.53. The Labute approximate surface area is 173 Å². The molecular weight excluding hydrogens is 459 g/mol. The summed E-state index contributed by atoms with van der Waals surface area (Å²) in [5, 5.41) is 1.18. The summed E-state index contributed by atoms with van der Waals surface area (Å²) in [5.41, 5.74) is 3.77. The largest absolute Gasteiger partial charge is 0.442 e. The highest BCUT2D eigenvalue weighted by Gasteiger charge is 2.28. The molecule has 6 nitrogen and oxygen atoms in total. The maximum absolute atomic E-state index is 12.8. The Bertz CT molecular complexity index is 780. The molecule has 1 aliphatic carbocycles. The Kier molecular flexibility index (Phi) is 7.02. The number of carbonyl (C=O) groups excluding carboxylic acids is 3. The van der Waals surface area contributed by atoms with E-state index in [1.807, 2.05) is 24.3 Å². The molecule has 1 aliphatic rings. The second kappa shape index (κ2) is 8.86. The Morgan fingerprint density at radius 3 is 2.59 bits per heavy atom. The van der Waals surface area contributed by atoms with Gasteiger partial charge in [-0.1, -0.05) is 12.1 Å². The Hall–Kier alpha value is -1.90. The molecule has 0 saturated carbocycles. The van der Waals surface area contributed by atoms with E-state index in [0.29, 0.717) is 25.0 Å². The molecule has 0 fully saturated rings. The second-order valence-corrected chi connectivity index (χ2v) is 8.76. The van der Waals surface area contributed by atoms with Crippen LogP contribution in [0.25, 0.3) is 0 Å². The minimum atomic E-state index is -0.632. The van der Waals surface area contributed by atoms with Crippen LogP contribution in [0, 0.1) is 3.57 Å². The van der Waals surface area contributed by atoms with Crippen molar-refractivity contribution in [2.75, 3.05) is 7.05 Å². The number of ether oxygens (including phenoxy) is 1. The predicted molar refractivity (Wildman–Crippen MR) is 111 cm³/mol. The number of carbonyl (C=O) groups is 3. The van der Waals surface area contributed by atoms with Gasteiger partial charge < -0.3 is 4.74 Å². The molecule has 1 aromatic rings. The number of ketones is 2. The summed E-state index contributed by atoms with van der Waals surface area (Å²) >= 11 is 2.19. The smallest absolute Gasteiger partial charge is 0.428 e. The zero-order valence-electron chi connectivity index (χ0n) is 16.1. The number of hydrogen-bond acceptors (Lipinski definition) is 5. The fourth-order valence-corrected chi connectivity index (χ4v) is 3.39. The van der Waals surface area contributed by atoms with Gasteiger partial charge in [-0.05, 0) is 73.9 Å². The van der Waals surface area contributed by atoms with E-state index in [0.717, 1.165) is 9.13 Å². The van der Waals surface area contributed by atoms with Gasteiger partial charge in [-0.15, -0.1) is 0 Å². The maximum Gasteiger partial charge on any atom is 0.428 e. The van der Waals surface area contributed by atoms with Gasteiger partial charge in [-0.25, -0.2) is 9.80 Å². The molecule has 27 heavy (non-hydrogen) atoms. The first-order chi connectivity index (χ1) is 12.6. The number of benzene rings is 1. The molecule has 0 aliphatic heterocycles. The molecule has 1 aromatic carbocycles. The van der Waals surface area contributed by atoms with Crippen LogP contribution in [0.4, 0.5) is 4.79 Å². The van der Waals surface area contributed by atoms with Gasteiger partial charge in [0.25, 0.3) is 0 Å². The highest BCUT2D eigenvalue weighted by Crippen LogP contribution is 2.23. The summed E-state index contributed by atoms with van der Waals surface area (Å²) in [5.74, 6) is -0.418. The fraction of sp³-hybridized carbons (Fsp3) is 0.450. The van der Waals surface area contributed by atoms with Crippen LogP contribution in [0.5, 0.6) is 0 Å². The number of Topliss-reactive ketones (excluding diaryl/α,β-unsaturated/α-hetero) is 2. The number of nitrogens with zero attached hydrogens (tertiary/aromatic N) is 1. The van der Waals surface area contributed by atoms with Crippen molar-refractivity contribution in [3.63, 3.8) is 0 Å². The first kappa shape index (κ1) is 21.4. The van der Waals surface area contributed by atoms with Gasteiger partial charge in [0.05, 0.1) is 5.57 Å². The third-order valence-electron chi connectivity index (χ3n) is 3.91. The van der Waals surface area contributed by atoms with Crippen LogP contribution < -0.4 is 5.43 Å². The molecule has 0 unspecified atom stereocenters. The Morgan fingerprint density at radius 1 is 1.26 bits per heavy atom. The van der Waals surface area contributed by atoms with Crippen LogP contribution in [-0.4, -0.2) is 35.3 Å². The molecule has 0 radical (unpaired) electrons. The van der Waals surface area contributed by atoms with E-state index in [2.05, 4.69) is 28.0 Å². The van der Waals surface area contributed by atoms with Crippen molar-refractivity contribution in [2.45, 2.75) is 52.1 Å². The normalized spacial score (nSPS) is 14.8. The molecule has 0 heterocycles. The SMILES string of the molecule is CN(NC1=C(C(=O)Cc2cccc(I)c2)C(=O)CCC1)C(=O)OC(C)(C)C. The van der Waals surface area contributed by atoms with Gasteiger partial charge in [0.2, 0.25) is 0 Å². The molecule has 0 atom stereocenters. The quantitative estimate of drug-likeness (QED) is 0.391. The van der Waals surface area contributed by atoms with E-state index in [1.165, 1.54) is 12.1 Å². The lowest BCUT2D eigenvalue weighted by molar-refractivity contribution is -0.121. The molecule has 2 rings (SSSR count). The van der Waals surface area contributed by atoms with Crippen molar-refractivity contribution in [3.8, 4) is 0 Å². The number of allylic oxidation sites excluding steroid dienone is 2. The van der Waals surface area contributed by atoms with Crippen LogP contribution in [0.1, 0.15) is 45.6 Å². The Morgan fingerprint density at radius 2 is 1.96 bits per heavy atom.